The molecule has 0 spiro atoms. The van der Waals surface area contributed by atoms with Crippen LogP contribution in [-0.2, 0) is 9.59 Å². The Bertz CT molecular complexity index is 1140. The Morgan fingerprint density at radius 1 is 1.19 bits per heavy atom. The molecule has 2 amide bonds. The monoisotopic (exact) mass is 455 g/mol. The lowest BCUT2D eigenvalue weighted by Crippen LogP contribution is -2.35. The van der Waals surface area contributed by atoms with E-state index in [-0.39, 0.29) is 23.6 Å². The number of ether oxygens (including phenoxy) is 2. The molecule has 31 heavy (non-hydrogen) atoms. The molecule has 1 aliphatic rings. The zero-order valence-corrected chi connectivity index (χ0v) is 18.9. The number of carbonyl (C=O) groups is 2. The zero-order valence-electron chi connectivity index (χ0n) is 17.2. The number of thioether (sulfide) groups is 1. The molecule has 160 valence electrons. The maximum Gasteiger partial charge on any atom is 0.244 e. The predicted octanol–water partition coefficient (Wildman–Crippen LogP) is 4.21. The molecule has 0 aliphatic carbocycles. The first kappa shape index (κ1) is 21.2. The lowest BCUT2D eigenvalue weighted by molar-refractivity contribution is -0.130. The Labute approximate surface area is 188 Å². The number of thiazole rings is 1. The SMILES string of the molecule is COc1ccc(NC(=O)CN2C(=O)[C@H](C)S/C2=C\c2nc3ccccc3s2)cc1OC. The van der Waals surface area contributed by atoms with Crippen molar-refractivity contribution in [2.75, 3.05) is 26.1 Å². The van der Waals surface area contributed by atoms with Crippen molar-refractivity contribution in [2.45, 2.75) is 12.2 Å². The van der Waals surface area contributed by atoms with Crippen LogP contribution in [0.4, 0.5) is 5.69 Å². The van der Waals surface area contributed by atoms with Crippen molar-refractivity contribution >= 4 is 56.9 Å². The van der Waals surface area contributed by atoms with Crippen LogP contribution in [0.3, 0.4) is 0 Å². The van der Waals surface area contributed by atoms with E-state index in [1.54, 1.807) is 36.6 Å². The highest BCUT2D eigenvalue weighted by Gasteiger charge is 2.35. The summed E-state index contributed by atoms with van der Waals surface area (Å²) < 4.78 is 11.6. The number of methoxy groups -OCH3 is 2. The number of aromatic nitrogens is 1. The highest BCUT2D eigenvalue weighted by molar-refractivity contribution is 8.04. The van der Waals surface area contributed by atoms with E-state index in [9.17, 15) is 9.59 Å². The molecule has 0 bridgehead atoms. The third kappa shape index (κ3) is 4.52. The summed E-state index contributed by atoms with van der Waals surface area (Å²) in [6, 6.07) is 13.0. The van der Waals surface area contributed by atoms with Crippen molar-refractivity contribution in [1.82, 2.24) is 9.88 Å². The Hall–Kier alpha value is -3.04. The van der Waals surface area contributed by atoms with Gasteiger partial charge in [0.1, 0.15) is 11.6 Å². The maximum absolute atomic E-state index is 12.7. The van der Waals surface area contributed by atoms with Gasteiger partial charge >= 0.3 is 0 Å². The Morgan fingerprint density at radius 3 is 2.71 bits per heavy atom. The number of hydrogen-bond donors (Lipinski definition) is 1. The minimum atomic E-state index is -0.300. The molecular formula is C22H21N3O4S2. The number of nitrogens with zero attached hydrogens (tertiary/aromatic N) is 2. The molecule has 1 N–H and O–H groups in total. The normalized spacial score (nSPS) is 17.4. The van der Waals surface area contributed by atoms with Crippen LogP contribution in [0.2, 0.25) is 0 Å². The number of nitrogens with one attached hydrogen (secondary N) is 1. The van der Waals surface area contributed by atoms with Crippen LogP contribution >= 0.6 is 23.1 Å². The first-order valence-electron chi connectivity index (χ1n) is 9.55. The highest BCUT2D eigenvalue weighted by atomic mass is 32.2. The van der Waals surface area contributed by atoms with Gasteiger partial charge in [0.15, 0.2) is 11.5 Å². The van der Waals surface area contributed by atoms with E-state index in [1.807, 2.05) is 37.3 Å². The van der Waals surface area contributed by atoms with Gasteiger partial charge in [-0.1, -0.05) is 23.9 Å². The van der Waals surface area contributed by atoms with Gasteiger partial charge < -0.3 is 14.8 Å². The molecule has 0 unspecified atom stereocenters. The van der Waals surface area contributed by atoms with Gasteiger partial charge in [-0.2, -0.15) is 0 Å². The van der Waals surface area contributed by atoms with Crippen LogP contribution in [0.15, 0.2) is 47.5 Å². The summed E-state index contributed by atoms with van der Waals surface area (Å²) in [6.07, 6.45) is 1.88. The lowest BCUT2D eigenvalue weighted by Gasteiger charge is -2.17. The summed E-state index contributed by atoms with van der Waals surface area (Å²) >= 11 is 2.99. The second-order valence-corrected chi connectivity index (χ2v) is 9.23. The van der Waals surface area contributed by atoms with Crippen molar-refractivity contribution in [3.8, 4) is 11.5 Å². The quantitative estimate of drug-likeness (QED) is 0.600. The van der Waals surface area contributed by atoms with Crippen LogP contribution in [-0.4, -0.2) is 47.7 Å². The molecule has 4 rings (SSSR count). The molecule has 0 saturated carbocycles. The summed E-state index contributed by atoms with van der Waals surface area (Å²) in [6.45, 7) is 1.76. The summed E-state index contributed by atoms with van der Waals surface area (Å²) in [4.78, 5) is 31.5. The summed E-state index contributed by atoms with van der Waals surface area (Å²) in [5.74, 6) is 0.685. The fourth-order valence-corrected chi connectivity index (χ4v) is 5.24. The van der Waals surface area contributed by atoms with Crippen molar-refractivity contribution in [3.05, 3.63) is 52.5 Å². The van der Waals surface area contributed by atoms with E-state index in [0.29, 0.717) is 17.2 Å². The van der Waals surface area contributed by atoms with Crippen molar-refractivity contribution in [2.24, 2.45) is 0 Å². The molecule has 3 aromatic rings. The van der Waals surface area contributed by atoms with Crippen LogP contribution in [0.5, 0.6) is 11.5 Å². The number of carbonyl (C=O) groups excluding carboxylic acids is 2. The molecule has 0 radical (unpaired) electrons. The summed E-state index contributed by atoms with van der Waals surface area (Å²) in [5, 5.41) is 4.09. The molecule has 2 aromatic carbocycles. The van der Waals surface area contributed by atoms with Gasteiger partial charge in [-0.05, 0) is 31.2 Å². The lowest BCUT2D eigenvalue weighted by atomic mass is 10.2. The smallest absolute Gasteiger partial charge is 0.244 e. The Balaban J connectivity index is 1.52. The first-order chi connectivity index (χ1) is 15.0. The van der Waals surface area contributed by atoms with Crippen LogP contribution in [0.1, 0.15) is 11.9 Å². The molecule has 1 fully saturated rings. The van der Waals surface area contributed by atoms with Gasteiger partial charge in [0.2, 0.25) is 11.8 Å². The van der Waals surface area contributed by atoms with E-state index < -0.39 is 0 Å². The predicted molar refractivity (Wildman–Crippen MR) is 125 cm³/mol. The standard InChI is InChI=1S/C22H21N3O4S2/c1-13-22(27)25(12-19(26)23-14-8-9-16(28-2)17(10-14)29-3)21(30-13)11-20-24-15-6-4-5-7-18(15)31-20/h4-11,13H,12H2,1-3H3,(H,23,26)/b21-11-/t13-/m0/s1. The van der Waals surface area contributed by atoms with E-state index in [0.717, 1.165) is 20.3 Å². The maximum atomic E-state index is 12.7. The molecule has 7 nitrogen and oxygen atoms in total. The average molecular weight is 456 g/mol. The number of benzene rings is 2. The minimum Gasteiger partial charge on any atom is -0.493 e. The minimum absolute atomic E-state index is 0.0821. The second-order valence-electron chi connectivity index (χ2n) is 6.80. The molecule has 1 aliphatic heterocycles. The fourth-order valence-electron chi connectivity index (χ4n) is 3.21. The zero-order chi connectivity index (χ0) is 22.0. The molecule has 1 atom stereocenters. The highest BCUT2D eigenvalue weighted by Crippen LogP contribution is 2.37. The fraction of sp³-hybridized carbons (Fsp3) is 0.227. The van der Waals surface area contributed by atoms with Crippen LogP contribution in [0.25, 0.3) is 16.3 Å². The van der Waals surface area contributed by atoms with Crippen LogP contribution < -0.4 is 14.8 Å². The van der Waals surface area contributed by atoms with Crippen molar-refractivity contribution in [1.29, 1.82) is 0 Å². The Morgan fingerprint density at radius 2 is 1.97 bits per heavy atom. The topological polar surface area (TPSA) is 80.8 Å². The molecule has 9 heteroatoms. The van der Waals surface area contributed by atoms with Crippen molar-refractivity contribution < 1.29 is 19.1 Å². The molecular weight excluding hydrogens is 434 g/mol. The van der Waals surface area contributed by atoms with E-state index >= 15 is 0 Å². The number of anilines is 1. The molecule has 1 saturated heterocycles. The van der Waals surface area contributed by atoms with Crippen molar-refractivity contribution in [3.63, 3.8) is 0 Å². The van der Waals surface area contributed by atoms with E-state index in [4.69, 9.17) is 9.47 Å². The van der Waals surface area contributed by atoms with E-state index in [1.165, 1.54) is 23.8 Å². The first-order valence-corrected chi connectivity index (χ1v) is 11.3. The van der Waals surface area contributed by atoms with Gasteiger partial charge in [0.05, 0.1) is 34.7 Å². The largest absolute Gasteiger partial charge is 0.493 e. The third-order valence-electron chi connectivity index (χ3n) is 4.70. The van der Waals surface area contributed by atoms with Gasteiger partial charge in [0.25, 0.3) is 0 Å². The van der Waals surface area contributed by atoms with Gasteiger partial charge in [-0.3, -0.25) is 14.5 Å². The van der Waals surface area contributed by atoms with Gasteiger partial charge in [0, 0.05) is 17.8 Å². The van der Waals surface area contributed by atoms with Gasteiger partial charge in [-0.15, -0.1) is 11.3 Å². The second kappa shape index (κ2) is 8.99. The number of para-hydroxylation sites is 1. The summed E-state index contributed by atoms with van der Waals surface area (Å²) in [7, 11) is 3.08. The number of amides is 2. The molecule has 1 aromatic heterocycles. The van der Waals surface area contributed by atoms with Gasteiger partial charge in [-0.25, -0.2) is 4.98 Å². The number of hydrogen-bond acceptors (Lipinski definition) is 7. The number of rotatable bonds is 6. The van der Waals surface area contributed by atoms with E-state index in [2.05, 4.69) is 10.3 Å². The third-order valence-corrected chi connectivity index (χ3v) is 6.82. The Kier molecular flexibility index (Phi) is 6.15. The average Bonchev–Trinajstić information content (AvgIpc) is 3.29. The summed E-state index contributed by atoms with van der Waals surface area (Å²) in [5.41, 5.74) is 1.48. The molecule has 2 heterocycles. The number of fused-ring (bicyclic) bond motifs is 1. The van der Waals surface area contributed by atoms with Crippen LogP contribution in [0, 0.1) is 0 Å².